The molecular formula is C29H30N2O5. The highest BCUT2D eigenvalue weighted by Gasteiger charge is 2.46. The number of likely N-dealkylation sites (tertiary alicyclic amines) is 1. The predicted octanol–water partition coefficient (Wildman–Crippen LogP) is 4.26. The summed E-state index contributed by atoms with van der Waals surface area (Å²) in [5.74, 6) is -0.323. The molecular weight excluding hydrogens is 456 g/mol. The third-order valence-corrected chi connectivity index (χ3v) is 6.11. The summed E-state index contributed by atoms with van der Waals surface area (Å²) in [5.41, 5.74) is 2.21. The summed E-state index contributed by atoms with van der Waals surface area (Å²) in [6.45, 7) is 1.28. The van der Waals surface area contributed by atoms with E-state index in [4.69, 9.17) is 9.47 Å². The van der Waals surface area contributed by atoms with Crippen LogP contribution in [0.3, 0.4) is 0 Å². The van der Waals surface area contributed by atoms with Crippen molar-refractivity contribution in [1.82, 2.24) is 9.80 Å². The summed E-state index contributed by atoms with van der Waals surface area (Å²) in [5, 5.41) is 11.2. The molecule has 186 valence electrons. The zero-order chi connectivity index (χ0) is 25.7. The molecule has 0 bridgehead atoms. The number of nitrogens with zero attached hydrogens (tertiary/aromatic N) is 2. The number of benzene rings is 3. The predicted molar refractivity (Wildman–Crippen MR) is 138 cm³/mol. The van der Waals surface area contributed by atoms with Crippen LogP contribution in [-0.4, -0.2) is 60.9 Å². The molecule has 1 saturated heterocycles. The topological polar surface area (TPSA) is 79.3 Å². The molecule has 3 aromatic rings. The van der Waals surface area contributed by atoms with Crippen LogP contribution in [0.4, 0.5) is 0 Å². The largest absolute Gasteiger partial charge is 0.507 e. The number of hydrogen-bond acceptors (Lipinski definition) is 6. The number of hydrogen-bond donors (Lipinski definition) is 1. The number of aliphatic hydroxyl groups is 1. The summed E-state index contributed by atoms with van der Waals surface area (Å²) in [6, 6.07) is 23.1. The van der Waals surface area contributed by atoms with Crippen LogP contribution in [0.1, 0.15) is 22.7 Å². The molecule has 4 rings (SSSR count). The molecule has 1 atom stereocenters. The third-order valence-electron chi connectivity index (χ3n) is 6.11. The molecule has 0 aliphatic carbocycles. The molecule has 3 aromatic carbocycles. The molecule has 1 amide bonds. The Hall–Kier alpha value is -4.10. The average molecular weight is 487 g/mol. The Morgan fingerprint density at radius 2 is 1.67 bits per heavy atom. The lowest BCUT2D eigenvalue weighted by atomic mass is 9.95. The molecule has 1 N–H and O–H groups in total. The smallest absolute Gasteiger partial charge is 0.295 e. The van der Waals surface area contributed by atoms with Gasteiger partial charge in [-0.25, -0.2) is 0 Å². The van der Waals surface area contributed by atoms with Gasteiger partial charge in [-0.15, -0.1) is 0 Å². The number of likely N-dealkylation sites (N-methyl/N-ethyl adjacent to an activating group) is 1. The van der Waals surface area contributed by atoms with Gasteiger partial charge in [0.25, 0.3) is 11.7 Å². The Morgan fingerprint density at radius 3 is 2.33 bits per heavy atom. The van der Waals surface area contributed by atoms with Gasteiger partial charge < -0.3 is 24.4 Å². The maximum atomic E-state index is 13.2. The van der Waals surface area contributed by atoms with Gasteiger partial charge in [0.1, 0.15) is 23.9 Å². The van der Waals surface area contributed by atoms with E-state index in [1.54, 1.807) is 31.4 Å². The molecule has 0 aromatic heterocycles. The van der Waals surface area contributed by atoms with Crippen LogP contribution in [0.25, 0.3) is 5.76 Å². The highest BCUT2D eigenvalue weighted by atomic mass is 16.5. The van der Waals surface area contributed by atoms with Gasteiger partial charge in [0.15, 0.2) is 0 Å². The van der Waals surface area contributed by atoms with E-state index in [2.05, 4.69) is 0 Å². The Labute approximate surface area is 211 Å². The van der Waals surface area contributed by atoms with E-state index in [0.29, 0.717) is 42.3 Å². The quantitative estimate of drug-likeness (QED) is 0.277. The van der Waals surface area contributed by atoms with Gasteiger partial charge in [-0.05, 0) is 61.6 Å². The second kappa shape index (κ2) is 11.1. The lowest BCUT2D eigenvalue weighted by molar-refractivity contribution is -0.140. The SMILES string of the molecule is COc1ccc(/C(O)=C2/C(=O)C(=O)N(CCN(C)C)C2c2cccc(OCc3ccccc3)c2)cc1. The number of methoxy groups -OCH3 is 1. The highest BCUT2D eigenvalue weighted by molar-refractivity contribution is 6.46. The minimum absolute atomic E-state index is 0.0594. The fourth-order valence-electron chi connectivity index (χ4n) is 4.18. The number of Topliss-reactive ketones (excluding diaryl/α,β-unsaturated/α-hetero) is 1. The molecule has 0 radical (unpaired) electrons. The minimum Gasteiger partial charge on any atom is -0.507 e. The van der Waals surface area contributed by atoms with Gasteiger partial charge in [-0.2, -0.15) is 0 Å². The number of carbonyl (C=O) groups is 2. The summed E-state index contributed by atoms with van der Waals surface area (Å²) in [4.78, 5) is 29.8. The van der Waals surface area contributed by atoms with Crippen molar-refractivity contribution in [1.29, 1.82) is 0 Å². The lowest BCUT2D eigenvalue weighted by Gasteiger charge is -2.27. The Balaban J connectivity index is 1.73. The summed E-state index contributed by atoms with van der Waals surface area (Å²) in [7, 11) is 5.36. The molecule has 1 fully saturated rings. The first-order valence-electron chi connectivity index (χ1n) is 11.7. The van der Waals surface area contributed by atoms with E-state index < -0.39 is 17.7 Å². The summed E-state index contributed by atoms with van der Waals surface area (Å²) < 4.78 is 11.2. The van der Waals surface area contributed by atoms with Crippen molar-refractivity contribution in [3.05, 3.63) is 101 Å². The van der Waals surface area contributed by atoms with E-state index in [1.807, 2.05) is 73.6 Å². The lowest BCUT2D eigenvalue weighted by Crippen LogP contribution is -2.35. The highest BCUT2D eigenvalue weighted by Crippen LogP contribution is 2.40. The van der Waals surface area contributed by atoms with E-state index in [0.717, 1.165) is 5.56 Å². The molecule has 0 saturated carbocycles. The van der Waals surface area contributed by atoms with Crippen LogP contribution in [-0.2, 0) is 16.2 Å². The number of ether oxygens (including phenoxy) is 2. The number of amides is 1. The van der Waals surface area contributed by atoms with Crippen LogP contribution >= 0.6 is 0 Å². The van der Waals surface area contributed by atoms with Crippen molar-refractivity contribution in [3.63, 3.8) is 0 Å². The Kier molecular flexibility index (Phi) is 7.71. The second-order valence-electron chi connectivity index (χ2n) is 8.87. The van der Waals surface area contributed by atoms with Gasteiger partial charge in [0.05, 0.1) is 18.7 Å². The van der Waals surface area contributed by atoms with Crippen molar-refractivity contribution in [2.45, 2.75) is 12.6 Å². The number of carbonyl (C=O) groups excluding carboxylic acids is 2. The van der Waals surface area contributed by atoms with Crippen molar-refractivity contribution < 1.29 is 24.2 Å². The Bertz CT molecular complexity index is 1250. The summed E-state index contributed by atoms with van der Waals surface area (Å²) in [6.07, 6.45) is 0. The second-order valence-corrected chi connectivity index (χ2v) is 8.87. The van der Waals surface area contributed by atoms with Gasteiger partial charge in [-0.1, -0.05) is 42.5 Å². The average Bonchev–Trinajstić information content (AvgIpc) is 3.16. The van der Waals surface area contributed by atoms with E-state index >= 15 is 0 Å². The van der Waals surface area contributed by atoms with Gasteiger partial charge in [0, 0.05) is 18.7 Å². The summed E-state index contributed by atoms with van der Waals surface area (Å²) >= 11 is 0. The first-order valence-corrected chi connectivity index (χ1v) is 11.7. The molecule has 1 aliphatic heterocycles. The Morgan fingerprint density at radius 1 is 0.944 bits per heavy atom. The molecule has 36 heavy (non-hydrogen) atoms. The monoisotopic (exact) mass is 486 g/mol. The van der Waals surface area contributed by atoms with E-state index in [-0.39, 0.29) is 11.3 Å². The maximum absolute atomic E-state index is 13.2. The number of ketones is 1. The number of aliphatic hydroxyl groups excluding tert-OH is 1. The van der Waals surface area contributed by atoms with Crippen LogP contribution < -0.4 is 9.47 Å². The fourth-order valence-corrected chi connectivity index (χ4v) is 4.18. The molecule has 7 heteroatoms. The third kappa shape index (κ3) is 5.42. The van der Waals surface area contributed by atoms with E-state index in [1.165, 1.54) is 4.90 Å². The zero-order valence-corrected chi connectivity index (χ0v) is 20.7. The molecule has 0 spiro atoms. The molecule has 7 nitrogen and oxygen atoms in total. The maximum Gasteiger partial charge on any atom is 0.295 e. The van der Waals surface area contributed by atoms with Crippen LogP contribution in [0.5, 0.6) is 11.5 Å². The normalized spacial score (nSPS) is 17.0. The van der Waals surface area contributed by atoms with Crippen molar-refractivity contribution in [2.24, 2.45) is 0 Å². The first kappa shape index (κ1) is 25.0. The van der Waals surface area contributed by atoms with Gasteiger partial charge in [0.2, 0.25) is 0 Å². The molecule has 1 heterocycles. The first-order chi connectivity index (χ1) is 17.4. The molecule has 1 unspecified atom stereocenters. The standard InChI is InChI=1S/C29H30N2O5/c1-30(2)16-17-31-26(22-10-7-11-24(18-22)36-19-20-8-5-4-6-9-20)25(28(33)29(31)34)27(32)21-12-14-23(35-3)15-13-21/h4-15,18,26,32H,16-17,19H2,1-3H3/b27-25-. The number of rotatable bonds is 9. The van der Waals surface area contributed by atoms with Gasteiger partial charge in [-0.3, -0.25) is 9.59 Å². The fraction of sp³-hybridized carbons (Fsp3) is 0.241. The van der Waals surface area contributed by atoms with Crippen molar-refractivity contribution >= 4 is 17.4 Å². The van der Waals surface area contributed by atoms with E-state index in [9.17, 15) is 14.7 Å². The molecule has 1 aliphatic rings. The van der Waals surface area contributed by atoms with Crippen LogP contribution in [0.15, 0.2) is 84.4 Å². The zero-order valence-electron chi connectivity index (χ0n) is 20.7. The minimum atomic E-state index is -0.743. The van der Waals surface area contributed by atoms with Crippen LogP contribution in [0.2, 0.25) is 0 Å². The van der Waals surface area contributed by atoms with Crippen LogP contribution in [0, 0.1) is 0 Å². The van der Waals surface area contributed by atoms with Crippen molar-refractivity contribution in [3.8, 4) is 11.5 Å². The van der Waals surface area contributed by atoms with Gasteiger partial charge >= 0.3 is 0 Å². The van der Waals surface area contributed by atoms with Crippen molar-refractivity contribution in [2.75, 3.05) is 34.3 Å².